The summed E-state index contributed by atoms with van der Waals surface area (Å²) in [5, 5.41) is 12.9. The molecule has 0 aromatic heterocycles. The zero-order chi connectivity index (χ0) is 17.7. The lowest BCUT2D eigenvalue weighted by atomic mass is 9.85. The molecular formula is C17H22Cl2N2O3. The van der Waals surface area contributed by atoms with E-state index in [2.05, 4.69) is 5.32 Å². The molecular weight excluding hydrogens is 351 g/mol. The molecule has 0 heterocycles. The smallest absolute Gasteiger partial charge is 0.317 e. The topological polar surface area (TPSA) is 69.6 Å². The Morgan fingerprint density at radius 1 is 1.29 bits per heavy atom. The van der Waals surface area contributed by atoms with Crippen molar-refractivity contribution in [1.82, 2.24) is 10.2 Å². The second kappa shape index (κ2) is 8.70. The average Bonchev–Trinajstić information content (AvgIpc) is 2.49. The highest BCUT2D eigenvalue weighted by Crippen LogP contribution is 2.26. The molecule has 0 radical (unpaired) electrons. The van der Waals surface area contributed by atoms with Crippen LogP contribution in [0, 0.1) is 0 Å². The second-order valence-corrected chi connectivity index (χ2v) is 6.91. The molecule has 1 aromatic rings. The van der Waals surface area contributed by atoms with Crippen LogP contribution in [0.3, 0.4) is 0 Å². The van der Waals surface area contributed by atoms with Gasteiger partial charge < -0.3 is 10.4 Å². The van der Waals surface area contributed by atoms with Crippen LogP contribution in [0.1, 0.15) is 31.7 Å². The average molecular weight is 373 g/mol. The first-order valence-electron chi connectivity index (χ1n) is 8.08. The molecule has 1 saturated carbocycles. The summed E-state index contributed by atoms with van der Waals surface area (Å²) in [6.07, 6.45) is 2.62. The van der Waals surface area contributed by atoms with E-state index >= 15 is 0 Å². The van der Waals surface area contributed by atoms with Crippen molar-refractivity contribution in [2.75, 3.05) is 13.1 Å². The van der Waals surface area contributed by atoms with Gasteiger partial charge in [-0.05, 0) is 43.5 Å². The zero-order valence-corrected chi connectivity index (χ0v) is 15.1. The number of likely N-dealkylation sites (N-methyl/N-ethyl adjacent to an activating group) is 1. The number of carbonyl (C=O) groups excluding carboxylic acids is 1. The normalized spacial score (nSPS) is 19.8. The Hall–Kier alpha value is -1.30. The van der Waals surface area contributed by atoms with E-state index in [1.807, 2.05) is 17.9 Å². The summed E-state index contributed by atoms with van der Waals surface area (Å²) in [5.41, 5.74) is 0.977. The van der Waals surface area contributed by atoms with Gasteiger partial charge in [0.1, 0.15) is 0 Å². The van der Waals surface area contributed by atoms with Gasteiger partial charge in [0.25, 0.3) is 0 Å². The molecule has 0 saturated heterocycles. The molecule has 1 aromatic carbocycles. The fourth-order valence-corrected chi connectivity index (χ4v) is 3.25. The molecule has 7 heteroatoms. The predicted octanol–water partition coefficient (Wildman–Crippen LogP) is 2.98. The van der Waals surface area contributed by atoms with Crippen molar-refractivity contribution in [2.24, 2.45) is 0 Å². The molecule has 1 fully saturated rings. The van der Waals surface area contributed by atoms with Crippen LogP contribution in [-0.4, -0.2) is 47.1 Å². The lowest BCUT2D eigenvalue weighted by Crippen LogP contribution is -2.54. The van der Waals surface area contributed by atoms with E-state index in [0.29, 0.717) is 29.4 Å². The van der Waals surface area contributed by atoms with Gasteiger partial charge in [-0.2, -0.15) is 0 Å². The van der Waals surface area contributed by atoms with E-state index in [9.17, 15) is 9.59 Å². The minimum Gasteiger partial charge on any atom is -0.480 e. The number of benzene rings is 1. The third-order valence-electron chi connectivity index (χ3n) is 4.36. The fourth-order valence-electron chi connectivity index (χ4n) is 2.93. The third-order valence-corrected chi connectivity index (χ3v) is 5.10. The molecule has 2 N–H and O–H groups in total. The number of nitrogens with zero attached hydrogens (tertiary/aromatic N) is 1. The zero-order valence-electron chi connectivity index (χ0n) is 13.6. The number of rotatable bonds is 8. The van der Waals surface area contributed by atoms with Gasteiger partial charge in [0.15, 0.2) is 0 Å². The number of amides is 1. The number of carbonyl (C=O) groups is 2. The van der Waals surface area contributed by atoms with E-state index in [0.717, 1.165) is 18.4 Å². The first-order valence-corrected chi connectivity index (χ1v) is 8.83. The molecule has 0 spiro atoms. The molecule has 1 aliphatic rings. The molecule has 0 atom stereocenters. The van der Waals surface area contributed by atoms with Crippen molar-refractivity contribution >= 4 is 35.1 Å². The van der Waals surface area contributed by atoms with Crippen LogP contribution < -0.4 is 5.32 Å². The van der Waals surface area contributed by atoms with Crippen LogP contribution >= 0.6 is 23.2 Å². The van der Waals surface area contributed by atoms with E-state index in [1.165, 1.54) is 0 Å². The van der Waals surface area contributed by atoms with E-state index < -0.39 is 5.97 Å². The summed E-state index contributed by atoms with van der Waals surface area (Å²) in [7, 11) is 0. The van der Waals surface area contributed by atoms with E-state index in [4.69, 9.17) is 28.3 Å². The Morgan fingerprint density at radius 2 is 2.00 bits per heavy atom. The molecule has 5 nitrogen and oxygen atoms in total. The van der Waals surface area contributed by atoms with Crippen molar-refractivity contribution in [1.29, 1.82) is 0 Å². The van der Waals surface area contributed by atoms with Gasteiger partial charge in [-0.1, -0.05) is 36.2 Å². The Kier molecular flexibility index (Phi) is 6.90. The highest BCUT2D eigenvalue weighted by Gasteiger charge is 2.34. The standard InChI is InChI=1S/C17H22Cl2N2O3/c1-2-21(10-17(23)24)13-8-12(9-13)20-16(22)6-4-11-3-5-14(18)15(19)7-11/h3,5,7,12-13H,2,4,6,8-10H2,1H3,(H,20,22)(H,23,24). The maximum Gasteiger partial charge on any atom is 0.317 e. The highest BCUT2D eigenvalue weighted by atomic mass is 35.5. The Labute approximate surface area is 151 Å². The Bertz CT molecular complexity index is 603. The molecule has 24 heavy (non-hydrogen) atoms. The number of nitrogens with one attached hydrogen (secondary N) is 1. The van der Waals surface area contributed by atoms with Gasteiger partial charge in [0.05, 0.1) is 16.6 Å². The lowest BCUT2D eigenvalue weighted by Gasteiger charge is -2.42. The molecule has 2 rings (SSSR count). The second-order valence-electron chi connectivity index (χ2n) is 6.09. The van der Waals surface area contributed by atoms with E-state index in [-0.39, 0.29) is 24.5 Å². The van der Waals surface area contributed by atoms with Crippen LogP contribution in [0.25, 0.3) is 0 Å². The largest absolute Gasteiger partial charge is 0.480 e. The lowest BCUT2D eigenvalue weighted by molar-refractivity contribution is -0.139. The molecule has 0 aliphatic heterocycles. The van der Waals surface area contributed by atoms with Crippen molar-refractivity contribution in [3.63, 3.8) is 0 Å². The summed E-state index contributed by atoms with van der Waals surface area (Å²) in [6.45, 7) is 2.71. The van der Waals surface area contributed by atoms with Gasteiger partial charge >= 0.3 is 5.97 Å². The number of aliphatic carboxylic acids is 1. The van der Waals surface area contributed by atoms with Gasteiger partial charge in [0, 0.05) is 18.5 Å². The minimum absolute atomic E-state index is 0.00538. The number of hydrogen-bond acceptors (Lipinski definition) is 3. The van der Waals surface area contributed by atoms with Crippen LogP contribution in [0.2, 0.25) is 10.0 Å². The van der Waals surface area contributed by atoms with Crippen LogP contribution in [-0.2, 0) is 16.0 Å². The Balaban J connectivity index is 1.70. The fraction of sp³-hybridized carbons (Fsp3) is 0.529. The van der Waals surface area contributed by atoms with Gasteiger partial charge in [-0.15, -0.1) is 0 Å². The maximum absolute atomic E-state index is 12.0. The van der Waals surface area contributed by atoms with E-state index in [1.54, 1.807) is 12.1 Å². The third kappa shape index (κ3) is 5.36. The van der Waals surface area contributed by atoms with Crippen molar-refractivity contribution in [2.45, 2.75) is 44.7 Å². The quantitative estimate of drug-likeness (QED) is 0.735. The molecule has 1 amide bonds. The van der Waals surface area contributed by atoms with Gasteiger partial charge in [-0.25, -0.2) is 0 Å². The molecule has 132 valence electrons. The number of aryl methyl sites for hydroxylation is 1. The minimum atomic E-state index is -0.814. The van der Waals surface area contributed by atoms with Gasteiger partial charge in [0.2, 0.25) is 5.91 Å². The predicted molar refractivity (Wildman–Crippen MR) is 94.6 cm³/mol. The van der Waals surface area contributed by atoms with Crippen LogP contribution in [0.4, 0.5) is 0 Å². The van der Waals surface area contributed by atoms with Crippen molar-refractivity contribution in [3.8, 4) is 0 Å². The summed E-state index contributed by atoms with van der Waals surface area (Å²) >= 11 is 11.8. The summed E-state index contributed by atoms with van der Waals surface area (Å²) < 4.78 is 0. The molecule has 0 unspecified atom stereocenters. The number of carboxylic acids is 1. The molecule has 1 aliphatic carbocycles. The monoisotopic (exact) mass is 372 g/mol. The first kappa shape index (κ1) is 19.0. The summed E-state index contributed by atoms with van der Waals surface area (Å²) in [5.74, 6) is -0.809. The number of carboxylic acid groups (broad SMARTS) is 1. The Morgan fingerprint density at radius 3 is 2.58 bits per heavy atom. The number of halogens is 2. The summed E-state index contributed by atoms with van der Waals surface area (Å²) in [6, 6.07) is 5.76. The molecule has 0 bridgehead atoms. The van der Waals surface area contributed by atoms with Crippen molar-refractivity contribution < 1.29 is 14.7 Å². The van der Waals surface area contributed by atoms with Crippen LogP contribution in [0.15, 0.2) is 18.2 Å². The van der Waals surface area contributed by atoms with Crippen LogP contribution in [0.5, 0.6) is 0 Å². The maximum atomic E-state index is 12.0. The SMILES string of the molecule is CCN(CC(=O)O)C1CC(NC(=O)CCc2ccc(Cl)c(Cl)c2)C1. The number of hydrogen-bond donors (Lipinski definition) is 2. The summed E-state index contributed by atoms with van der Waals surface area (Å²) in [4.78, 5) is 24.8. The first-order chi connectivity index (χ1) is 11.4. The van der Waals surface area contributed by atoms with Crippen molar-refractivity contribution in [3.05, 3.63) is 33.8 Å². The van der Waals surface area contributed by atoms with Gasteiger partial charge in [-0.3, -0.25) is 14.5 Å². The highest BCUT2D eigenvalue weighted by molar-refractivity contribution is 6.42.